The van der Waals surface area contributed by atoms with Gasteiger partial charge in [-0.15, -0.1) is 11.3 Å². The standard InChI is InChI=1S/C21H14N4OS/c1-3-8-15(9-4-1)19-22-14-17-21(24-19,26-18-12-7-13-27-18)25-20(23-17)16-10-5-2-6-11-16/h1-14H. The number of amidine groups is 2. The molecule has 6 heteroatoms. The van der Waals surface area contributed by atoms with Gasteiger partial charge < -0.3 is 4.74 Å². The molecule has 2 aliphatic rings. The molecular formula is C21H14N4OS. The maximum absolute atomic E-state index is 6.23. The number of nitrogens with zero attached hydrogens (tertiary/aromatic N) is 4. The molecule has 2 aromatic carbocycles. The molecule has 0 fully saturated rings. The molecule has 1 atom stereocenters. The molecule has 0 amide bonds. The highest BCUT2D eigenvalue weighted by atomic mass is 32.1. The van der Waals surface area contributed by atoms with Gasteiger partial charge in [-0.1, -0.05) is 60.7 Å². The summed E-state index contributed by atoms with van der Waals surface area (Å²) >= 11 is 1.49. The molecule has 27 heavy (non-hydrogen) atoms. The highest BCUT2D eigenvalue weighted by Crippen LogP contribution is 2.33. The Morgan fingerprint density at radius 3 is 2.07 bits per heavy atom. The molecule has 0 saturated carbocycles. The fourth-order valence-corrected chi connectivity index (χ4v) is 3.52. The summed E-state index contributed by atoms with van der Waals surface area (Å²) in [5.41, 5.74) is 2.40. The van der Waals surface area contributed by atoms with E-state index in [-0.39, 0.29) is 0 Å². The van der Waals surface area contributed by atoms with Gasteiger partial charge in [0.05, 0.1) is 6.21 Å². The Balaban J connectivity index is 1.63. The van der Waals surface area contributed by atoms with E-state index in [0.717, 1.165) is 16.2 Å². The average Bonchev–Trinajstić information content (AvgIpc) is 3.36. The van der Waals surface area contributed by atoms with Gasteiger partial charge in [-0.25, -0.2) is 9.98 Å². The highest BCUT2D eigenvalue weighted by molar-refractivity contribution is 7.11. The first-order valence-corrected chi connectivity index (χ1v) is 9.37. The van der Waals surface area contributed by atoms with Crippen molar-refractivity contribution in [1.29, 1.82) is 0 Å². The fraction of sp³-hybridized carbons (Fsp3) is 0.0476. The van der Waals surface area contributed by atoms with E-state index in [9.17, 15) is 0 Å². The van der Waals surface area contributed by atoms with Gasteiger partial charge in [0.25, 0.3) is 0 Å². The van der Waals surface area contributed by atoms with Crippen LogP contribution in [-0.2, 0) is 0 Å². The number of ether oxygens (including phenoxy) is 1. The Bertz CT molecular complexity index is 1050. The maximum Gasteiger partial charge on any atom is 0.350 e. The summed E-state index contributed by atoms with van der Waals surface area (Å²) in [5.74, 6) is -0.0843. The van der Waals surface area contributed by atoms with Crippen LogP contribution in [0.5, 0.6) is 5.06 Å². The first-order chi connectivity index (χ1) is 13.3. The number of hydrogen-bond donors (Lipinski definition) is 0. The molecule has 0 aliphatic carbocycles. The van der Waals surface area contributed by atoms with E-state index >= 15 is 0 Å². The van der Waals surface area contributed by atoms with Gasteiger partial charge in [-0.3, -0.25) is 0 Å². The third kappa shape index (κ3) is 2.90. The second kappa shape index (κ2) is 6.41. The zero-order chi connectivity index (χ0) is 18.1. The smallest absolute Gasteiger partial charge is 0.350 e. The summed E-state index contributed by atoms with van der Waals surface area (Å²) in [6.45, 7) is 0. The van der Waals surface area contributed by atoms with Crippen molar-refractivity contribution >= 4 is 34.9 Å². The largest absolute Gasteiger partial charge is 0.432 e. The van der Waals surface area contributed by atoms with Gasteiger partial charge in [-0.05, 0) is 17.5 Å². The molecule has 5 nitrogen and oxygen atoms in total. The minimum atomic E-state index is -1.25. The van der Waals surface area contributed by atoms with Gasteiger partial charge in [-0.2, -0.15) is 9.98 Å². The Morgan fingerprint density at radius 2 is 1.41 bits per heavy atom. The minimum absolute atomic E-state index is 0.573. The van der Waals surface area contributed by atoms with Crippen molar-refractivity contribution in [2.75, 3.05) is 0 Å². The molecule has 2 aliphatic heterocycles. The lowest BCUT2D eigenvalue weighted by molar-refractivity contribution is 0.172. The monoisotopic (exact) mass is 370 g/mol. The number of fused-ring (bicyclic) bond motifs is 1. The zero-order valence-electron chi connectivity index (χ0n) is 14.2. The van der Waals surface area contributed by atoms with Crippen LogP contribution in [0.3, 0.4) is 0 Å². The van der Waals surface area contributed by atoms with Crippen LogP contribution in [0.15, 0.2) is 98.1 Å². The zero-order valence-corrected chi connectivity index (χ0v) is 15.0. The van der Waals surface area contributed by atoms with Gasteiger partial charge >= 0.3 is 5.85 Å². The number of aliphatic imine (C=N–C) groups is 4. The molecule has 0 spiro atoms. The number of hydrogen-bond acceptors (Lipinski definition) is 6. The SMILES string of the molecule is C1=NC(c2ccccc2)=NC2(Oc3cccs3)N=C(c3ccccc3)N=C12. The number of rotatable bonds is 4. The number of thiophene rings is 1. The lowest BCUT2D eigenvalue weighted by Crippen LogP contribution is -2.42. The number of benzene rings is 2. The second-order valence-electron chi connectivity index (χ2n) is 6.00. The van der Waals surface area contributed by atoms with E-state index < -0.39 is 5.85 Å². The average molecular weight is 370 g/mol. The van der Waals surface area contributed by atoms with E-state index in [1.807, 2.05) is 78.2 Å². The fourth-order valence-electron chi connectivity index (χ4n) is 2.91. The third-order valence-electron chi connectivity index (χ3n) is 4.19. The summed E-state index contributed by atoms with van der Waals surface area (Å²) in [4.78, 5) is 18.7. The van der Waals surface area contributed by atoms with Gasteiger partial charge in [0.1, 0.15) is 0 Å². The quantitative estimate of drug-likeness (QED) is 0.678. The van der Waals surface area contributed by atoms with Gasteiger partial charge in [0.15, 0.2) is 22.4 Å². The molecule has 130 valence electrons. The predicted molar refractivity (Wildman–Crippen MR) is 110 cm³/mol. The van der Waals surface area contributed by atoms with Crippen LogP contribution in [-0.4, -0.2) is 29.4 Å². The molecule has 0 bridgehead atoms. The van der Waals surface area contributed by atoms with Crippen molar-refractivity contribution in [3.05, 3.63) is 89.3 Å². The summed E-state index contributed by atoms with van der Waals surface area (Å²) in [6.07, 6.45) is 1.70. The minimum Gasteiger partial charge on any atom is -0.432 e. The van der Waals surface area contributed by atoms with E-state index in [1.54, 1.807) is 6.21 Å². The van der Waals surface area contributed by atoms with Crippen LogP contribution in [0.1, 0.15) is 11.1 Å². The molecule has 1 unspecified atom stereocenters. The predicted octanol–water partition coefficient (Wildman–Crippen LogP) is 4.21. The van der Waals surface area contributed by atoms with E-state index in [0.29, 0.717) is 17.4 Å². The Labute approximate surface area is 160 Å². The Morgan fingerprint density at radius 1 is 0.741 bits per heavy atom. The van der Waals surface area contributed by atoms with Gasteiger partial charge in [0.2, 0.25) is 0 Å². The van der Waals surface area contributed by atoms with E-state index in [1.165, 1.54) is 11.3 Å². The first kappa shape index (κ1) is 15.8. The Hall–Kier alpha value is -3.38. The molecule has 0 radical (unpaired) electrons. The molecule has 0 saturated heterocycles. The molecule has 1 aromatic heterocycles. The molecule has 0 N–H and O–H groups in total. The van der Waals surface area contributed by atoms with Crippen molar-refractivity contribution in [1.82, 2.24) is 0 Å². The van der Waals surface area contributed by atoms with Crippen molar-refractivity contribution in [3.63, 3.8) is 0 Å². The van der Waals surface area contributed by atoms with Crippen molar-refractivity contribution < 1.29 is 4.74 Å². The highest BCUT2D eigenvalue weighted by Gasteiger charge is 2.45. The maximum atomic E-state index is 6.23. The van der Waals surface area contributed by atoms with Crippen LogP contribution < -0.4 is 4.74 Å². The normalized spacial score (nSPS) is 20.5. The van der Waals surface area contributed by atoms with E-state index in [4.69, 9.17) is 14.7 Å². The van der Waals surface area contributed by atoms with Crippen LogP contribution in [0.4, 0.5) is 0 Å². The lowest BCUT2D eigenvalue weighted by atomic mass is 10.1. The Kier molecular flexibility index (Phi) is 3.76. The summed E-state index contributed by atoms with van der Waals surface area (Å²) in [5, 5.41) is 2.69. The van der Waals surface area contributed by atoms with Crippen LogP contribution in [0, 0.1) is 0 Å². The molecule has 3 aromatic rings. The molecule has 3 heterocycles. The first-order valence-electron chi connectivity index (χ1n) is 8.49. The lowest BCUT2D eigenvalue weighted by Gasteiger charge is -2.25. The van der Waals surface area contributed by atoms with Crippen LogP contribution in [0.25, 0.3) is 0 Å². The molecule has 5 rings (SSSR count). The summed E-state index contributed by atoms with van der Waals surface area (Å²) in [7, 11) is 0. The van der Waals surface area contributed by atoms with Crippen molar-refractivity contribution in [3.8, 4) is 5.06 Å². The van der Waals surface area contributed by atoms with Gasteiger partial charge in [0, 0.05) is 11.1 Å². The third-order valence-corrected chi connectivity index (χ3v) is 4.93. The van der Waals surface area contributed by atoms with E-state index in [2.05, 4.69) is 9.98 Å². The van der Waals surface area contributed by atoms with Crippen LogP contribution >= 0.6 is 11.3 Å². The summed E-state index contributed by atoms with van der Waals surface area (Å²) < 4.78 is 6.23. The topological polar surface area (TPSA) is 58.7 Å². The second-order valence-corrected chi connectivity index (χ2v) is 6.91. The summed E-state index contributed by atoms with van der Waals surface area (Å²) in [6, 6.07) is 23.5. The molecular weight excluding hydrogens is 356 g/mol. The van der Waals surface area contributed by atoms with Crippen molar-refractivity contribution in [2.45, 2.75) is 5.85 Å². The van der Waals surface area contributed by atoms with Crippen molar-refractivity contribution in [2.24, 2.45) is 20.0 Å². The van der Waals surface area contributed by atoms with Crippen LogP contribution in [0.2, 0.25) is 0 Å².